The number of benzene rings is 2. The average molecular weight is 697 g/mol. The summed E-state index contributed by atoms with van der Waals surface area (Å²) in [5, 5.41) is 10.4. The molecule has 0 aromatic heterocycles. The Labute approximate surface area is 255 Å². The number of amides is 1. The van der Waals surface area contributed by atoms with Crippen molar-refractivity contribution in [2.45, 2.75) is 19.9 Å². The molecule has 218 valence electrons. The van der Waals surface area contributed by atoms with Gasteiger partial charge < -0.3 is 34.3 Å². The molecule has 0 aliphatic carbocycles. The number of hydrogen-bond donors (Lipinski definition) is 3. The topological polar surface area (TPSA) is 146 Å². The van der Waals surface area contributed by atoms with E-state index in [0.29, 0.717) is 48.3 Å². The van der Waals surface area contributed by atoms with Gasteiger partial charge in [0.15, 0.2) is 29.8 Å². The van der Waals surface area contributed by atoms with Gasteiger partial charge in [-0.05, 0) is 72.4 Å². The van der Waals surface area contributed by atoms with Gasteiger partial charge in [-0.3, -0.25) is 4.79 Å². The van der Waals surface area contributed by atoms with E-state index in [-0.39, 0.29) is 19.8 Å². The molecule has 1 aliphatic heterocycles. The molecule has 1 atom stereocenters. The molecule has 3 rings (SSSR count). The van der Waals surface area contributed by atoms with Gasteiger partial charge >= 0.3 is 11.9 Å². The fraction of sp³-hybridized carbons (Fsp3) is 0.296. The molecule has 41 heavy (non-hydrogen) atoms. The van der Waals surface area contributed by atoms with Crippen molar-refractivity contribution in [3.8, 4) is 17.2 Å². The predicted molar refractivity (Wildman–Crippen MR) is 162 cm³/mol. The zero-order valence-electron chi connectivity index (χ0n) is 22.7. The highest BCUT2D eigenvalue weighted by Crippen LogP contribution is 2.34. The van der Waals surface area contributed by atoms with Crippen LogP contribution in [0.5, 0.6) is 17.2 Å². The van der Waals surface area contributed by atoms with Gasteiger partial charge in [0.25, 0.3) is 5.91 Å². The van der Waals surface area contributed by atoms with Crippen LogP contribution in [0.25, 0.3) is 0 Å². The Hall–Kier alpha value is -3.92. The second-order valence-corrected chi connectivity index (χ2v) is 9.88. The van der Waals surface area contributed by atoms with E-state index in [9.17, 15) is 14.4 Å². The second-order valence-electron chi connectivity index (χ2n) is 8.31. The van der Waals surface area contributed by atoms with Gasteiger partial charge in [0.2, 0.25) is 0 Å². The van der Waals surface area contributed by atoms with Crippen LogP contribution in [0.2, 0.25) is 0 Å². The number of thiocarbonyl (C=S) groups is 1. The molecule has 1 aliphatic rings. The molecule has 0 radical (unpaired) electrons. The van der Waals surface area contributed by atoms with Crippen molar-refractivity contribution < 1.29 is 38.1 Å². The van der Waals surface area contributed by atoms with E-state index in [2.05, 4.69) is 25.9 Å². The normalized spacial score (nSPS) is 14.6. The number of methoxy groups -OCH3 is 2. The summed E-state index contributed by atoms with van der Waals surface area (Å²) in [6.45, 7) is 3.06. The minimum absolute atomic E-state index is 0.213. The van der Waals surface area contributed by atoms with Gasteiger partial charge in [-0.15, -0.1) is 0 Å². The average Bonchev–Trinajstić information content (AvgIpc) is 2.94. The summed E-state index contributed by atoms with van der Waals surface area (Å²) < 4.78 is 27.1. The number of esters is 2. The number of ether oxygens (including phenoxy) is 5. The van der Waals surface area contributed by atoms with Gasteiger partial charge in [-0.2, -0.15) is 5.10 Å². The summed E-state index contributed by atoms with van der Waals surface area (Å²) in [7, 11) is 2.74. The zero-order chi connectivity index (χ0) is 29.9. The van der Waals surface area contributed by atoms with Crippen LogP contribution in [0.15, 0.2) is 52.8 Å². The van der Waals surface area contributed by atoms with Crippen LogP contribution < -0.4 is 30.3 Å². The number of carbonyl (C=O) groups is 3. The molecule has 0 unspecified atom stereocenters. The van der Waals surface area contributed by atoms with E-state index in [0.717, 1.165) is 0 Å². The van der Waals surface area contributed by atoms with Crippen molar-refractivity contribution in [1.29, 1.82) is 0 Å². The van der Waals surface area contributed by atoms with Gasteiger partial charge in [0.1, 0.15) is 5.75 Å². The molecular weight excluding hydrogens is 667 g/mol. The third-order valence-corrected chi connectivity index (χ3v) is 6.59. The SMILES string of the molecule is CCOC(=O)C1=C(C)NC(=S)N[C@H]1c1ccccc1OCC(=O)NN=Cc1cc(I)c(OCC(=O)OC)c(OC)c1. The molecule has 0 saturated carbocycles. The van der Waals surface area contributed by atoms with Gasteiger partial charge in [0, 0.05) is 11.3 Å². The molecular formula is C27H29IN4O8S. The van der Waals surface area contributed by atoms with Crippen molar-refractivity contribution >= 4 is 64.0 Å². The summed E-state index contributed by atoms with van der Waals surface area (Å²) >= 11 is 7.33. The number of halogens is 1. The number of hydrogen-bond acceptors (Lipinski definition) is 10. The molecule has 0 spiro atoms. The lowest BCUT2D eigenvalue weighted by molar-refractivity contribution is -0.143. The number of carbonyl (C=O) groups excluding carboxylic acids is 3. The molecule has 1 heterocycles. The maximum absolute atomic E-state index is 12.7. The molecule has 0 fully saturated rings. The molecule has 12 nitrogen and oxygen atoms in total. The first kappa shape index (κ1) is 31.6. The summed E-state index contributed by atoms with van der Waals surface area (Å²) in [6.07, 6.45) is 1.43. The lowest BCUT2D eigenvalue weighted by atomic mass is 9.95. The Morgan fingerprint density at radius 2 is 1.88 bits per heavy atom. The van der Waals surface area contributed by atoms with Crippen LogP contribution in [-0.2, 0) is 23.9 Å². The van der Waals surface area contributed by atoms with Gasteiger partial charge in [-0.1, -0.05) is 18.2 Å². The highest BCUT2D eigenvalue weighted by Gasteiger charge is 2.32. The van der Waals surface area contributed by atoms with E-state index in [1.165, 1.54) is 20.4 Å². The highest BCUT2D eigenvalue weighted by atomic mass is 127. The maximum atomic E-state index is 12.7. The first-order valence-electron chi connectivity index (χ1n) is 12.2. The summed E-state index contributed by atoms with van der Waals surface area (Å²) in [5.74, 6) is -0.388. The molecule has 0 bridgehead atoms. The van der Waals surface area contributed by atoms with Crippen LogP contribution in [0.1, 0.15) is 31.0 Å². The lowest BCUT2D eigenvalue weighted by Crippen LogP contribution is -2.45. The van der Waals surface area contributed by atoms with Crippen molar-refractivity contribution in [3.63, 3.8) is 0 Å². The van der Waals surface area contributed by atoms with Gasteiger partial charge in [0.05, 0.1) is 42.2 Å². The lowest BCUT2D eigenvalue weighted by Gasteiger charge is -2.30. The molecule has 3 N–H and O–H groups in total. The van der Waals surface area contributed by atoms with E-state index in [1.54, 1.807) is 50.2 Å². The van der Waals surface area contributed by atoms with Crippen LogP contribution in [0, 0.1) is 3.57 Å². The largest absolute Gasteiger partial charge is 0.493 e. The first-order valence-corrected chi connectivity index (χ1v) is 13.7. The van der Waals surface area contributed by atoms with Crippen LogP contribution in [0.4, 0.5) is 0 Å². The molecule has 2 aromatic carbocycles. The summed E-state index contributed by atoms with van der Waals surface area (Å²) in [4.78, 5) is 36.6. The van der Waals surface area contributed by atoms with E-state index >= 15 is 0 Å². The second kappa shape index (κ2) is 15.2. The van der Waals surface area contributed by atoms with E-state index < -0.39 is 23.9 Å². The third kappa shape index (κ3) is 8.53. The Morgan fingerprint density at radius 3 is 2.59 bits per heavy atom. The van der Waals surface area contributed by atoms with Crippen molar-refractivity contribution in [3.05, 3.63) is 62.4 Å². The minimum atomic E-state index is -0.642. The van der Waals surface area contributed by atoms with E-state index in [1.807, 2.05) is 22.6 Å². The van der Waals surface area contributed by atoms with Crippen LogP contribution in [-0.4, -0.2) is 63.2 Å². The fourth-order valence-electron chi connectivity index (χ4n) is 3.76. The van der Waals surface area contributed by atoms with Crippen molar-refractivity contribution in [2.24, 2.45) is 5.10 Å². The van der Waals surface area contributed by atoms with Crippen molar-refractivity contribution in [2.75, 3.05) is 34.0 Å². The fourth-order valence-corrected chi connectivity index (χ4v) is 4.81. The molecule has 0 saturated heterocycles. The number of para-hydroxylation sites is 1. The standard InChI is InChI=1S/C27H29IN4O8S/c1-5-38-26(35)23-15(2)30-27(41)31-24(23)17-8-6-7-9-19(17)39-13-21(33)32-29-12-16-10-18(28)25(20(11-16)36-3)40-14-22(34)37-4/h6-12,24H,5,13-14H2,1-4H3,(H,32,33)(H2,30,31,41)/t24-/m0/s1. The van der Waals surface area contributed by atoms with Gasteiger partial charge in [-0.25, -0.2) is 15.0 Å². The van der Waals surface area contributed by atoms with E-state index in [4.69, 9.17) is 31.2 Å². The smallest absolute Gasteiger partial charge is 0.343 e. The zero-order valence-corrected chi connectivity index (χ0v) is 25.7. The number of nitrogens with zero attached hydrogens (tertiary/aromatic N) is 1. The molecule has 1 amide bonds. The number of nitrogens with one attached hydrogen (secondary N) is 3. The van der Waals surface area contributed by atoms with Crippen LogP contribution in [0.3, 0.4) is 0 Å². The predicted octanol–water partition coefficient (Wildman–Crippen LogP) is 2.74. The quantitative estimate of drug-likeness (QED) is 0.0991. The number of rotatable bonds is 12. The Bertz CT molecular complexity index is 1380. The number of allylic oxidation sites excluding steroid dienone is 1. The summed E-state index contributed by atoms with van der Waals surface area (Å²) in [6, 6.07) is 9.75. The summed E-state index contributed by atoms with van der Waals surface area (Å²) in [5.41, 5.74) is 4.56. The minimum Gasteiger partial charge on any atom is -0.493 e. The first-order chi connectivity index (χ1) is 19.7. The molecule has 2 aromatic rings. The highest BCUT2D eigenvalue weighted by molar-refractivity contribution is 14.1. The Morgan fingerprint density at radius 1 is 1.12 bits per heavy atom. The van der Waals surface area contributed by atoms with Crippen LogP contribution >= 0.6 is 34.8 Å². The van der Waals surface area contributed by atoms with Crippen molar-refractivity contribution in [1.82, 2.24) is 16.1 Å². The Kier molecular flexibility index (Phi) is 11.7. The monoisotopic (exact) mass is 696 g/mol. The number of hydrazone groups is 1. The Balaban J connectivity index is 1.68. The molecule has 14 heteroatoms. The maximum Gasteiger partial charge on any atom is 0.343 e. The third-order valence-electron chi connectivity index (χ3n) is 5.57.